The van der Waals surface area contributed by atoms with Crippen molar-refractivity contribution in [3.8, 4) is 22.6 Å². The highest BCUT2D eigenvalue weighted by molar-refractivity contribution is 5.85. The highest BCUT2D eigenvalue weighted by Crippen LogP contribution is 2.38. The van der Waals surface area contributed by atoms with Gasteiger partial charge in [0.1, 0.15) is 23.4 Å². The Balaban J connectivity index is 0.000000729. The van der Waals surface area contributed by atoms with Gasteiger partial charge in [-0.15, -0.1) is 0 Å². The van der Waals surface area contributed by atoms with Gasteiger partial charge in [0.15, 0.2) is 0 Å². The van der Waals surface area contributed by atoms with Gasteiger partial charge in [-0.2, -0.15) is 0 Å². The number of esters is 1. The Kier molecular flexibility index (Phi) is 16.0. The molecule has 2 amide bonds. The summed E-state index contributed by atoms with van der Waals surface area (Å²) in [5, 5.41) is 2.78. The van der Waals surface area contributed by atoms with Gasteiger partial charge in [-0.05, 0) is 73.4 Å². The molecule has 0 saturated carbocycles. The quantitative estimate of drug-likeness (QED) is 0.244. The maximum atomic E-state index is 14.9. The molecule has 0 aromatic heterocycles. The number of aryl methyl sites for hydroxylation is 2. The van der Waals surface area contributed by atoms with Crippen LogP contribution in [0, 0.1) is 19.7 Å². The fourth-order valence-corrected chi connectivity index (χ4v) is 4.24. The van der Waals surface area contributed by atoms with Crippen LogP contribution in [0.1, 0.15) is 76.3 Å². The minimum absolute atomic E-state index is 0.0263. The van der Waals surface area contributed by atoms with E-state index >= 15 is 0 Å². The molecule has 0 saturated heterocycles. The van der Waals surface area contributed by atoms with E-state index in [-0.39, 0.29) is 18.3 Å². The van der Waals surface area contributed by atoms with Crippen molar-refractivity contribution in [2.75, 3.05) is 6.61 Å². The topological polar surface area (TPSA) is 84.9 Å². The zero-order valence-electron chi connectivity index (χ0n) is 26.6. The summed E-state index contributed by atoms with van der Waals surface area (Å²) in [5.74, 6) is 0.0839. The molecule has 1 heterocycles. The summed E-state index contributed by atoms with van der Waals surface area (Å²) in [6.45, 7) is 19.2. The van der Waals surface area contributed by atoms with E-state index in [4.69, 9.17) is 4.74 Å². The normalized spacial score (nSPS) is 12.9. The summed E-state index contributed by atoms with van der Waals surface area (Å²) in [6, 6.07) is 15.3. The van der Waals surface area contributed by atoms with Gasteiger partial charge >= 0.3 is 5.97 Å². The van der Waals surface area contributed by atoms with Gasteiger partial charge in [-0.25, -0.2) is 4.39 Å². The molecule has 1 atom stereocenters. The first-order valence-electron chi connectivity index (χ1n) is 14.5. The highest BCUT2D eigenvalue weighted by Gasteiger charge is 2.27. The molecule has 4 bridgehead atoms. The third kappa shape index (κ3) is 10.4. The van der Waals surface area contributed by atoms with Crippen LogP contribution >= 0.6 is 0 Å². The average Bonchev–Trinajstić information content (AvgIpc) is 2.98. The van der Waals surface area contributed by atoms with Crippen LogP contribution < -0.4 is 10.1 Å². The molecule has 43 heavy (non-hydrogen) atoms. The van der Waals surface area contributed by atoms with E-state index in [0.29, 0.717) is 41.2 Å². The monoisotopic (exact) mass is 592 g/mol. The predicted molar refractivity (Wildman–Crippen MR) is 170 cm³/mol. The maximum absolute atomic E-state index is 14.9. The molecule has 1 unspecified atom stereocenters. The SMILES string of the molecule is C=CN(C=O)C1C(=O)NCc2cc(cc(C)c2F)-c2c(C)cccc2Oc2cccc1c2.CC.CCC.CCOC(C)=O. The van der Waals surface area contributed by atoms with Crippen LogP contribution in [0.25, 0.3) is 11.1 Å². The summed E-state index contributed by atoms with van der Waals surface area (Å²) < 4.78 is 25.6. The lowest BCUT2D eigenvalue weighted by molar-refractivity contribution is -0.140. The van der Waals surface area contributed by atoms with E-state index in [2.05, 4.69) is 30.5 Å². The largest absolute Gasteiger partial charge is 0.466 e. The molecule has 232 valence electrons. The van der Waals surface area contributed by atoms with Crippen molar-refractivity contribution < 1.29 is 28.2 Å². The first-order chi connectivity index (χ1) is 20.6. The van der Waals surface area contributed by atoms with Crippen LogP contribution in [-0.2, 0) is 25.7 Å². The van der Waals surface area contributed by atoms with Crippen molar-refractivity contribution >= 4 is 18.3 Å². The molecule has 3 aromatic carbocycles. The number of amides is 2. The number of nitrogens with one attached hydrogen (secondary N) is 1. The lowest BCUT2D eigenvalue weighted by Crippen LogP contribution is -2.37. The third-order valence-corrected chi connectivity index (χ3v) is 5.93. The van der Waals surface area contributed by atoms with Gasteiger partial charge in [0.2, 0.25) is 12.3 Å². The molecule has 7 nitrogen and oxygen atoms in total. The number of carbonyl (C=O) groups is 3. The van der Waals surface area contributed by atoms with Crippen molar-refractivity contribution in [1.29, 1.82) is 0 Å². The second kappa shape index (κ2) is 18.9. The Morgan fingerprint density at radius 2 is 1.74 bits per heavy atom. The van der Waals surface area contributed by atoms with Crippen LogP contribution in [0.15, 0.2) is 67.4 Å². The molecule has 8 heteroatoms. The molecule has 3 aromatic rings. The van der Waals surface area contributed by atoms with Crippen molar-refractivity contribution in [2.24, 2.45) is 0 Å². The summed E-state index contributed by atoms with van der Waals surface area (Å²) in [5.41, 5.74) is 3.99. The molecule has 4 rings (SSSR count). The third-order valence-electron chi connectivity index (χ3n) is 5.93. The molecule has 0 fully saturated rings. The number of fused-ring (bicyclic) bond motifs is 6. The van der Waals surface area contributed by atoms with Crippen LogP contribution in [0.3, 0.4) is 0 Å². The van der Waals surface area contributed by atoms with Crippen molar-refractivity contribution in [2.45, 2.75) is 74.4 Å². The second-order valence-corrected chi connectivity index (χ2v) is 9.38. The second-order valence-electron chi connectivity index (χ2n) is 9.38. The van der Waals surface area contributed by atoms with Gasteiger partial charge in [-0.3, -0.25) is 14.4 Å². The van der Waals surface area contributed by atoms with E-state index in [0.717, 1.165) is 16.7 Å². The predicted octanol–water partition coefficient (Wildman–Crippen LogP) is 8.19. The number of rotatable bonds is 4. The fourth-order valence-electron chi connectivity index (χ4n) is 4.24. The molecule has 1 N–H and O–H groups in total. The van der Waals surface area contributed by atoms with Crippen molar-refractivity contribution in [1.82, 2.24) is 10.2 Å². The van der Waals surface area contributed by atoms with E-state index in [9.17, 15) is 18.8 Å². The molecule has 1 aliphatic heterocycles. The van der Waals surface area contributed by atoms with Gasteiger partial charge in [0.25, 0.3) is 0 Å². The zero-order chi connectivity index (χ0) is 32.5. The van der Waals surface area contributed by atoms with Gasteiger partial charge < -0.3 is 19.7 Å². The standard InChI is InChI=1S/C26H23FN2O3.C4H8O2.C3H8.C2H6/c1-4-29(15-30)25-18-8-6-9-21(13-18)32-22-10-5-7-16(2)23(22)19-11-17(3)24(27)20(12-19)14-28-26(25)31;1-3-6-4(2)5;1-3-2;1-2/h4-13,15,25H,1,14H2,2-3H3,(H,28,31);3H2,1-2H3;3H2,1-2H3;1-2H3. The number of hydrogen-bond acceptors (Lipinski definition) is 5. The summed E-state index contributed by atoms with van der Waals surface area (Å²) in [4.78, 5) is 35.7. The first-order valence-corrected chi connectivity index (χ1v) is 14.5. The maximum Gasteiger partial charge on any atom is 0.302 e. The van der Waals surface area contributed by atoms with Crippen LogP contribution in [0.5, 0.6) is 11.5 Å². The summed E-state index contributed by atoms with van der Waals surface area (Å²) in [7, 11) is 0. The average molecular weight is 593 g/mol. The number of nitrogens with zero attached hydrogens (tertiary/aromatic N) is 1. The number of ether oxygens (including phenoxy) is 2. The van der Waals surface area contributed by atoms with E-state index in [1.54, 1.807) is 50.2 Å². The van der Waals surface area contributed by atoms with Gasteiger partial charge in [0, 0.05) is 30.8 Å². The van der Waals surface area contributed by atoms with Crippen molar-refractivity contribution in [3.05, 3.63) is 95.4 Å². The van der Waals surface area contributed by atoms with E-state index in [1.807, 2.05) is 39.0 Å². The highest BCUT2D eigenvalue weighted by atomic mass is 19.1. The van der Waals surface area contributed by atoms with Crippen molar-refractivity contribution in [3.63, 3.8) is 0 Å². The fraction of sp³-hybridized carbons (Fsp3) is 0.343. The minimum Gasteiger partial charge on any atom is -0.466 e. The van der Waals surface area contributed by atoms with Crippen LogP contribution in [-0.4, -0.2) is 29.8 Å². The Labute approximate surface area is 255 Å². The Hall–Kier alpha value is -4.46. The summed E-state index contributed by atoms with van der Waals surface area (Å²) in [6.07, 6.45) is 3.07. The van der Waals surface area contributed by atoms with Crippen LogP contribution in [0.4, 0.5) is 4.39 Å². The lowest BCUT2D eigenvalue weighted by atomic mass is 9.95. The van der Waals surface area contributed by atoms with Crippen LogP contribution in [0.2, 0.25) is 0 Å². The lowest BCUT2D eigenvalue weighted by Gasteiger charge is -2.25. The van der Waals surface area contributed by atoms with E-state index in [1.165, 1.54) is 24.4 Å². The Bertz CT molecular complexity index is 1360. The zero-order valence-corrected chi connectivity index (χ0v) is 26.6. The van der Waals surface area contributed by atoms with E-state index < -0.39 is 11.9 Å². The van der Waals surface area contributed by atoms with Gasteiger partial charge in [0.05, 0.1) is 6.61 Å². The molecular weight excluding hydrogens is 547 g/mol. The number of carbonyl (C=O) groups excluding carboxylic acids is 3. The first kappa shape index (κ1) is 36.6. The minimum atomic E-state index is -0.973. The number of halogens is 1. The Morgan fingerprint density at radius 1 is 1.09 bits per heavy atom. The molecule has 0 spiro atoms. The van der Waals surface area contributed by atoms with Gasteiger partial charge in [-0.1, -0.05) is 65.0 Å². The number of hydrogen-bond donors (Lipinski definition) is 1. The molecular formula is C35H45FN2O5. The molecule has 1 aliphatic rings. The molecule has 0 aliphatic carbocycles. The molecule has 0 radical (unpaired) electrons. The number of benzene rings is 3. The smallest absolute Gasteiger partial charge is 0.302 e. The summed E-state index contributed by atoms with van der Waals surface area (Å²) >= 11 is 0. The Morgan fingerprint density at radius 3 is 2.30 bits per heavy atom.